The molecule has 2 aliphatic rings. The third-order valence-corrected chi connectivity index (χ3v) is 6.41. The number of hydrogen-bond donors (Lipinski definition) is 3. The minimum absolute atomic E-state index is 0.0228. The summed E-state index contributed by atoms with van der Waals surface area (Å²) in [7, 11) is 0. The molecule has 1 aromatic carbocycles. The molecule has 1 aromatic heterocycles. The van der Waals surface area contributed by atoms with Gasteiger partial charge in [-0.3, -0.25) is 14.6 Å². The molecule has 0 radical (unpaired) electrons. The number of nitrogen functional groups attached to an aromatic ring is 2. The lowest BCUT2D eigenvalue weighted by atomic mass is 9.98. The zero-order chi connectivity index (χ0) is 25.5. The number of aromatic nitrogens is 2. The van der Waals surface area contributed by atoms with Gasteiger partial charge in [-0.05, 0) is 42.9 Å². The average Bonchev–Trinajstić information content (AvgIpc) is 3.33. The van der Waals surface area contributed by atoms with E-state index in [1.54, 1.807) is 4.90 Å². The molecule has 1 atom stereocenters. The van der Waals surface area contributed by atoms with Gasteiger partial charge in [0.15, 0.2) is 29.1 Å². The molecule has 11 nitrogen and oxygen atoms in total. The summed E-state index contributed by atoms with van der Waals surface area (Å²) in [6, 6.07) is 7.83. The van der Waals surface area contributed by atoms with Gasteiger partial charge in [-0.25, -0.2) is 9.97 Å². The third kappa shape index (κ3) is 6.82. The van der Waals surface area contributed by atoms with Gasteiger partial charge in [-0.2, -0.15) is 0 Å². The lowest BCUT2D eigenvalue weighted by molar-refractivity contribution is -0.137. The fourth-order valence-electron chi connectivity index (χ4n) is 4.12. The van der Waals surface area contributed by atoms with E-state index < -0.39 is 5.91 Å². The van der Waals surface area contributed by atoms with Crippen LogP contribution in [0.1, 0.15) is 35.3 Å². The highest BCUT2D eigenvalue weighted by molar-refractivity contribution is 6.31. The molecule has 0 bridgehead atoms. The van der Waals surface area contributed by atoms with Gasteiger partial charge >= 0.3 is 0 Å². The van der Waals surface area contributed by atoms with Gasteiger partial charge in [0.05, 0.1) is 13.2 Å². The van der Waals surface area contributed by atoms with E-state index in [4.69, 9.17) is 32.5 Å². The van der Waals surface area contributed by atoms with E-state index in [0.717, 1.165) is 19.3 Å². The minimum atomic E-state index is -0.504. The molecule has 0 spiro atoms. The molecule has 36 heavy (non-hydrogen) atoms. The summed E-state index contributed by atoms with van der Waals surface area (Å²) in [6.45, 7) is 3.07. The lowest BCUT2D eigenvalue weighted by Crippen LogP contribution is -2.42. The second-order valence-electron chi connectivity index (χ2n) is 8.76. The second-order valence-corrected chi connectivity index (χ2v) is 9.12. The number of nitrogens with one attached hydrogen (secondary N) is 1. The van der Waals surface area contributed by atoms with Crippen LogP contribution in [0.5, 0.6) is 5.75 Å². The van der Waals surface area contributed by atoms with Crippen molar-refractivity contribution in [2.24, 2.45) is 10.9 Å². The molecule has 2 aliphatic heterocycles. The number of hydrogen-bond acceptors (Lipinski definition) is 9. The highest BCUT2D eigenvalue weighted by Crippen LogP contribution is 2.22. The smallest absolute Gasteiger partial charge is 0.279 e. The van der Waals surface area contributed by atoms with Crippen molar-refractivity contribution >= 4 is 40.9 Å². The number of carbonyl (C=O) groups is 2. The zero-order valence-electron chi connectivity index (χ0n) is 19.9. The summed E-state index contributed by atoms with van der Waals surface area (Å²) in [5.41, 5.74) is 12.4. The van der Waals surface area contributed by atoms with Gasteiger partial charge in [0.25, 0.3) is 11.8 Å². The van der Waals surface area contributed by atoms with E-state index in [9.17, 15) is 9.59 Å². The largest absolute Gasteiger partial charge is 0.484 e. The Labute approximate surface area is 214 Å². The summed E-state index contributed by atoms with van der Waals surface area (Å²) >= 11 is 5.85. The number of ether oxygens (including phenoxy) is 2. The molecule has 3 heterocycles. The van der Waals surface area contributed by atoms with Gasteiger partial charge in [0, 0.05) is 26.1 Å². The normalized spacial score (nSPS) is 17.5. The number of benzene rings is 1. The molecule has 0 unspecified atom stereocenters. The molecular formula is C24H30ClN7O4. The predicted molar refractivity (Wildman–Crippen MR) is 136 cm³/mol. The number of amidine groups is 1. The van der Waals surface area contributed by atoms with Crippen molar-refractivity contribution in [3.05, 3.63) is 40.7 Å². The number of morpholine rings is 1. The second kappa shape index (κ2) is 12.0. The van der Waals surface area contributed by atoms with E-state index >= 15 is 0 Å². The number of aliphatic imine (C=N–C) groups is 1. The highest BCUT2D eigenvalue weighted by atomic mass is 35.5. The number of halogens is 1. The summed E-state index contributed by atoms with van der Waals surface area (Å²) < 4.78 is 10.9. The van der Waals surface area contributed by atoms with E-state index in [1.165, 1.54) is 5.56 Å². The summed E-state index contributed by atoms with van der Waals surface area (Å²) in [6.07, 6.45) is 3.56. The summed E-state index contributed by atoms with van der Waals surface area (Å²) in [5.74, 6) is 1.01. The van der Waals surface area contributed by atoms with Crippen LogP contribution < -0.4 is 21.5 Å². The van der Waals surface area contributed by atoms with Crippen molar-refractivity contribution in [2.45, 2.75) is 25.7 Å². The predicted octanol–water partition coefficient (Wildman–Crippen LogP) is 1.70. The van der Waals surface area contributed by atoms with Crippen molar-refractivity contribution in [2.75, 3.05) is 50.9 Å². The van der Waals surface area contributed by atoms with Crippen LogP contribution in [0.3, 0.4) is 0 Å². The van der Waals surface area contributed by atoms with Crippen molar-refractivity contribution in [1.29, 1.82) is 0 Å². The first-order valence-electron chi connectivity index (χ1n) is 11.9. The Bertz CT molecular complexity index is 1120. The Balaban J connectivity index is 1.15. The molecule has 5 N–H and O–H groups in total. The fourth-order valence-corrected chi connectivity index (χ4v) is 4.25. The lowest BCUT2D eigenvalue weighted by Gasteiger charge is -2.26. The molecule has 2 aromatic rings. The maximum Gasteiger partial charge on any atom is 0.279 e. The van der Waals surface area contributed by atoms with E-state index in [0.29, 0.717) is 56.8 Å². The highest BCUT2D eigenvalue weighted by Gasteiger charge is 2.23. The number of nitrogens with two attached hydrogens (primary N) is 2. The number of aryl methyl sites for hydroxylation is 1. The van der Waals surface area contributed by atoms with Crippen LogP contribution in [0, 0.1) is 5.92 Å². The van der Waals surface area contributed by atoms with Crippen molar-refractivity contribution < 1.29 is 19.1 Å². The van der Waals surface area contributed by atoms with Crippen LogP contribution in [-0.4, -0.2) is 72.0 Å². The Hall–Kier alpha value is -3.44. The summed E-state index contributed by atoms with van der Waals surface area (Å²) in [4.78, 5) is 38.6. The first kappa shape index (κ1) is 25.6. The molecule has 1 saturated heterocycles. The first-order chi connectivity index (χ1) is 17.4. The van der Waals surface area contributed by atoms with Crippen LogP contribution >= 0.6 is 11.6 Å². The first-order valence-corrected chi connectivity index (χ1v) is 12.3. The van der Waals surface area contributed by atoms with Gasteiger partial charge in [0.2, 0.25) is 0 Å². The number of rotatable bonds is 8. The Kier molecular flexibility index (Phi) is 8.55. The number of anilines is 2. The van der Waals surface area contributed by atoms with Crippen LogP contribution in [0.15, 0.2) is 29.3 Å². The van der Waals surface area contributed by atoms with Crippen LogP contribution in [0.4, 0.5) is 11.6 Å². The SMILES string of the molecule is Nc1nc(N)c(C(=O)NC2=NC[C@@H](CCCc3ccc(OCC(=O)N4CCOCC4)cc3)C2)nc1Cl. The fraction of sp³-hybridized carbons (Fsp3) is 0.458. The van der Waals surface area contributed by atoms with Gasteiger partial charge in [-0.15, -0.1) is 0 Å². The average molecular weight is 516 g/mol. The monoisotopic (exact) mass is 515 g/mol. The van der Waals surface area contributed by atoms with Crippen LogP contribution in [0.25, 0.3) is 0 Å². The quantitative estimate of drug-likeness (QED) is 0.479. The van der Waals surface area contributed by atoms with Crippen molar-refractivity contribution in [3.8, 4) is 5.75 Å². The van der Waals surface area contributed by atoms with Crippen LogP contribution in [-0.2, 0) is 16.0 Å². The maximum atomic E-state index is 12.5. The molecule has 2 amide bonds. The Morgan fingerprint density at radius 3 is 2.64 bits per heavy atom. The number of carbonyl (C=O) groups excluding carboxylic acids is 2. The Morgan fingerprint density at radius 2 is 1.89 bits per heavy atom. The van der Waals surface area contributed by atoms with Crippen molar-refractivity contribution in [3.63, 3.8) is 0 Å². The topological polar surface area (TPSA) is 158 Å². The third-order valence-electron chi connectivity index (χ3n) is 6.13. The van der Waals surface area contributed by atoms with Gasteiger partial charge < -0.3 is 31.2 Å². The number of nitrogens with zero attached hydrogens (tertiary/aromatic N) is 4. The van der Waals surface area contributed by atoms with Gasteiger partial charge in [0.1, 0.15) is 11.6 Å². The number of amides is 2. The Morgan fingerprint density at radius 1 is 1.14 bits per heavy atom. The zero-order valence-corrected chi connectivity index (χ0v) is 20.7. The standard InChI is InChI=1S/C24H30ClN7O4/c25-21-23(27)31-22(26)20(30-21)24(34)29-18-12-16(13-28-18)3-1-2-15-4-6-17(7-5-15)36-14-19(33)32-8-10-35-11-9-32/h4-7,16H,1-3,8-14H2,(H4,26,27,31)(H,28,29,34)/t16-/m0/s1. The molecule has 192 valence electrons. The van der Waals surface area contributed by atoms with Gasteiger partial charge in [-0.1, -0.05) is 23.7 Å². The van der Waals surface area contributed by atoms with E-state index in [1.807, 2.05) is 24.3 Å². The summed E-state index contributed by atoms with van der Waals surface area (Å²) in [5, 5.41) is 2.68. The molecule has 4 rings (SSSR count). The van der Waals surface area contributed by atoms with Crippen LogP contribution in [0.2, 0.25) is 5.15 Å². The van der Waals surface area contributed by atoms with E-state index in [2.05, 4.69) is 20.3 Å². The van der Waals surface area contributed by atoms with E-state index in [-0.39, 0.29) is 35.0 Å². The molecule has 12 heteroatoms. The molecule has 1 fully saturated rings. The minimum Gasteiger partial charge on any atom is -0.484 e. The van der Waals surface area contributed by atoms with Crippen molar-refractivity contribution in [1.82, 2.24) is 20.2 Å². The molecular weight excluding hydrogens is 486 g/mol. The molecule has 0 aliphatic carbocycles. The maximum absolute atomic E-state index is 12.5. The molecule has 0 saturated carbocycles.